The van der Waals surface area contributed by atoms with Gasteiger partial charge in [-0.05, 0) is 48.1 Å². The SMILES string of the molecule is CC1CCN(c2ccc(CNC(=O)N(C)Cc3cccc(F)c3)cn2)CC1. The maximum Gasteiger partial charge on any atom is 0.317 e. The number of nitrogens with zero attached hydrogens (tertiary/aromatic N) is 3. The molecule has 1 aliphatic heterocycles. The molecule has 0 saturated carbocycles. The van der Waals surface area contributed by atoms with Crippen LogP contribution in [0.4, 0.5) is 15.0 Å². The second kappa shape index (κ2) is 8.84. The lowest BCUT2D eigenvalue weighted by molar-refractivity contribution is 0.206. The summed E-state index contributed by atoms with van der Waals surface area (Å²) in [7, 11) is 1.69. The summed E-state index contributed by atoms with van der Waals surface area (Å²) in [6.07, 6.45) is 4.23. The number of carbonyl (C=O) groups excluding carboxylic acids is 1. The van der Waals surface area contributed by atoms with Crippen LogP contribution in [-0.4, -0.2) is 36.1 Å². The number of piperidine rings is 1. The van der Waals surface area contributed by atoms with Crippen molar-refractivity contribution in [1.29, 1.82) is 0 Å². The number of hydrogen-bond acceptors (Lipinski definition) is 3. The van der Waals surface area contributed by atoms with Gasteiger partial charge < -0.3 is 15.1 Å². The monoisotopic (exact) mass is 370 g/mol. The van der Waals surface area contributed by atoms with E-state index in [-0.39, 0.29) is 11.8 Å². The van der Waals surface area contributed by atoms with Gasteiger partial charge in [0.1, 0.15) is 11.6 Å². The number of aromatic nitrogens is 1. The number of amides is 2. The molecule has 144 valence electrons. The van der Waals surface area contributed by atoms with Gasteiger partial charge >= 0.3 is 6.03 Å². The molecule has 1 aromatic carbocycles. The highest BCUT2D eigenvalue weighted by Crippen LogP contribution is 2.21. The van der Waals surface area contributed by atoms with Gasteiger partial charge in [0, 0.05) is 39.4 Å². The highest BCUT2D eigenvalue weighted by Gasteiger charge is 2.16. The number of benzene rings is 1. The Hall–Kier alpha value is -2.63. The Labute approximate surface area is 160 Å². The van der Waals surface area contributed by atoms with E-state index in [1.165, 1.54) is 29.9 Å². The highest BCUT2D eigenvalue weighted by molar-refractivity contribution is 5.73. The third kappa shape index (κ3) is 5.42. The molecule has 1 aliphatic rings. The first kappa shape index (κ1) is 19.1. The fourth-order valence-electron chi connectivity index (χ4n) is 3.24. The highest BCUT2D eigenvalue weighted by atomic mass is 19.1. The van der Waals surface area contributed by atoms with Gasteiger partial charge in [-0.3, -0.25) is 0 Å². The number of carbonyl (C=O) groups is 1. The Morgan fingerprint density at radius 2 is 2.04 bits per heavy atom. The minimum atomic E-state index is -0.296. The van der Waals surface area contributed by atoms with E-state index in [0.29, 0.717) is 13.1 Å². The largest absolute Gasteiger partial charge is 0.357 e. The molecule has 6 heteroatoms. The summed E-state index contributed by atoms with van der Waals surface area (Å²) in [6.45, 7) is 5.16. The molecule has 0 unspecified atom stereocenters. The summed E-state index contributed by atoms with van der Waals surface area (Å²) >= 11 is 0. The van der Waals surface area contributed by atoms with Crippen LogP contribution in [0.15, 0.2) is 42.6 Å². The molecule has 3 rings (SSSR count). The van der Waals surface area contributed by atoms with Crippen molar-refractivity contribution in [2.75, 3.05) is 25.0 Å². The average molecular weight is 370 g/mol. The molecule has 1 fully saturated rings. The van der Waals surface area contributed by atoms with Crippen molar-refractivity contribution >= 4 is 11.8 Å². The third-order valence-corrected chi connectivity index (χ3v) is 5.02. The van der Waals surface area contributed by atoms with Crippen LogP contribution < -0.4 is 10.2 Å². The molecular weight excluding hydrogens is 343 g/mol. The maximum atomic E-state index is 13.2. The fraction of sp³-hybridized carbons (Fsp3) is 0.429. The maximum absolute atomic E-state index is 13.2. The van der Waals surface area contributed by atoms with E-state index in [1.807, 2.05) is 18.3 Å². The molecule has 2 amide bonds. The lowest BCUT2D eigenvalue weighted by Gasteiger charge is -2.31. The van der Waals surface area contributed by atoms with Crippen LogP contribution in [0, 0.1) is 11.7 Å². The van der Waals surface area contributed by atoms with Gasteiger partial charge in [-0.1, -0.05) is 25.1 Å². The quantitative estimate of drug-likeness (QED) is 0.871. The molecule has 0 spiro atoms. The van der Waals surface area contributed by atoms with Crippen molar-refractivity contribution in [2.24, 2.45) is 5.92 Å². The Kier molecular flexibility index (Phi) is 6.27. The standard InChI is InChI=1S/C21H27FN4O/c1-16-8-10-26(11-9-16)20-7-6-18(13-23-20)14-24-21(27)25(2)15-17-4-3-5-19(22)12-17/h3-7,12-13,16H,8-11,14-15H2,1-2H3,(H,24,27). The zero-order chi connectivity index (χ0) is 19.2. The van der Waals surface area contributed by atoms with Crippen LogP contribution in [-0.2, 0) is 13.1 Å². The first-order valence-electron chi connectivity index (χ1n) is 9.44. The summed E-state index contributed by atoms with van der Waals surface area (Å²) in [6, 6.07) is 10.1. The van der Waals surface area contributed by atoms with Gasteiger partial charge in [0.2, 0.25) is 0 Å². The summed E-state index contributed by atoms with van der Waals surface area (Å²) < 4.78 is 13.2. The molecule has 2 aromatic rings. The van der Waals surface area contributed by atoms with Crippen LogP contribution in [0.2, 0.25) is 0 Å². The molecule has 0 aliphatic carbocycles. The van der Waals surface area contributed by atoms with Crippen molar-refractivity contribution in [3.05, 3.63) is 59.5 Å². The topological polar surface area (TPSA) is 48.5 Å². The molecular formula is C21H27FN4O. The predicted molar refractivity (Wildman–Crippen MR) is 105 cm³/mol. The first-order valence-corrected chi connectivity index (χ1v) is 9.44. The lowest BCUT2D eigenvalue weighted by atomic mass is 9.99. The van der Waals surface area contributed by atoms with E-state index in [9.17, 15) is 9.18 Å². The number of rotatable bonds is 5. The molecule has 5 nitrogen and oxygen atoms in total. The molecule has 2 heterocycles. The Bertz CT molecular complexity index is 757. The Morgan fingerprint density at radius 3 is 2.70 bits per heavy atom. The van der Waals surface area contributed by atoms with Gasteiger partial charge in [0.15, 0.2) is 0 Å². The summed E-state index contributed by atoms with van der Waals surface area (Å²) in [5.74, 6) is 1.50. The zero-order valence-electron chi connectivity index (χ0n) is 16.0. The fourth-order valence-corrected chi connectivity index (χ4v) is 3.24. The van der Waals surface area contributed by atoms with E-state index in [2.05, 4.69) is 22.1 Å². The third-order valence-electron chi connectivity index (χ3n) is 5.02. The Balaban J connectivity index is 1.48. The second-order valence-corrected chi connectivity index (χ2v) is 7.34. The van der Waals surface area contributed by atoms with E-state index in [1.54, 1.807) is 19.2 Å². The van der Waals surface area contributed by atoms with Crippen molar-refractivity contribution in [2.45, 2.75) is 32.9 Å². The molecule has 0 bridgehead atoms. The van der Waals surface area contributed by atoms with E-state index >= 15 is 0 Å². The van der Waals surface area contributed by atoms with Crippen molar-refractivity contribution in [3.63, 3.8) is 0 Å². The molecule has 0 radical (unpaired) electrons. The number of hydrogen-bond donors (Lipinski definition) is 1. The van der Waals surface area contributed by atoms with E-state index < -0.39 is 0 Å². The molecule has 0 atom stereocenters. The van der Waals surface area contributed by atoms with Gasteiger partial charge in [-0.2, -0.15) is 0 Å². The minimum absolute atomic E-state index is 0.201. The van der Waals surface area contributed by atoms with Gasteiger partial charge in [-0.25, -0.2) is 14.2 Å². The summed E-state index contributed by atoms with van der Waals surface area (Å²) in [5, 5.41) is 2.88. The number of pyridine rings is 1. The number of urea groups is 1. The normalized spacial score (nSPS) is 14.9. The number of halogens is 1. The van der Waals surface area contributed by atoms with Crippen molar-refractivity contribution < 1.29 is 9.18 Å². The second-order valence-electron chi connectivity index (χ2n) is 7.34. The number of nitrogens with one attached hydrogen (secondary N) is 1. The van der Waals surface area contributed by atoms with Crippen molar-refractivity contribution in [1.82, 2.24) is 15.2 Å². The average Bonchev–Trinajstić information content (AvgIpc) is 2.67. The van der Waals surface area contributed by atoms with Crippen LogP contribution in [0.25, 0.3) is 0 Å². The van der Waals surface area contributed by atoms with Gasteiger partial charge in [0.05, 0.1) is 0 Å². The molecule has 1 N–H and O–H groups in total. The summed E-state index contributed by atoms with van der Waals surface area (Å²) in [5.41, 5.74) is 1.71. The van der Waals surface area contributed by atoms with E-state index in [4.69, 9.17) is 0 Å². The van der Waals surface area contributed by atoms with Crippen LogP contribution in [0.1, 0.15) is 30.9 Å². The zero-order valence-corrected chi connectivity index (χ0v) is 16.0. The molecule has 27 heavy (non-hydrogen) atoms. The minimum Gasteiger partial charge on any atom is -0.357 e. The molecule has 1 saturated heterocycles. The van der Waals surface area contributed by atoms with Crippen LogP contribution in [0.5, 0.6) is 0 Å². The predicted octanol–water partition coefficient (Wildman–Crippen LogP) is 3.80. The number of anilines is 1. The first-order chi connectivity index (χ1) is 13.0. The van der Waals surface area contributed by atoms with Crippen molar-refractivity contribution in [3.8, 4) is 0 Å². The smallest absolute Gasteiger partial charge is 0.317 e. The van der Waals surface area contributed by atoms with Gasteiger partial charge in [-0.15, -0.1) is 0 Å². The Morgan fingerprint density at radius 1 is 1.26 bits per heavy atom. The summed E-state index contributed by atoms with van der Waals surface area (Å²) in [4.78, 5) is 20.6. The van der Waals surface area contributed by atoms with Crippen LogP contribution >= 0.6 is 0 Å². The van der Waals surface area contributed by atoms with Crippen LogP contribution in [0.3, 0.4) is 0 Å². The molecule has 1 aromatic heterocycles. The van der Waals surface area contributed by atoms with E-state index in [0.717, 1.165) is 36.0 Å². The lowest BCUT2D eigenvalue weighted by Crippen LogP contribution is -2.36. The van der Waals surface area contributed by atoms with Gasteiger partial charge in [0.25, 0.3) is 0 Å².